The van der Waals surface area contributed by atoms with Gasteiger partial charge in [-0.05, 0) is 36.2 Å². The molecule has 0 aliphatic heterocycles. The van der Waals surface area contributed by atoms with Crippen molar-refractivity contribution in [3.63, 3.8) is 0 Å². The van der Waals surface area contributed by atoms with Crippen LogP contribution in [0.25, 0.3) is 0 Å². The first-order valence-electron chi connectivity index (χ1n) is 6.24. The second-order valence-corrected chi connectivity index (χ2v) is 4.50. The molecule has 0 aliphatic carbocycles. The molecule has 0 amide bonds. The standard InChI is InChI=1S/C16H16N2O2/c1-11-3-5-14(8-15(11)19)18-10-12-4-6-16(20-2)13(7-12)9-17/h3-8,18-19H,10H2,1-2H3. The molecule has 0 heterocycles. The van der Waals surface area contributed by atoms with Gasteiger partial charge >= 0.3 is 0 Å². The molecule has 0 atom stereocenters. The number of nitrogens with zero attached hydrogens (tertiary/aromatic N) is 1. The minimum atomic E-state index is 0.266. The molecule has 4 heteroatoms. The van der Waals surface area contributed by atoms with E-state index in [0.29, 0.717) is 17.9 Å². The number of hydrogen-bond donors (Lipinski definition) is 2. The maximum Gasteiger partial charge on any atom is 0.136 e. The van der Waals surface area contributed by atoms with E-state index in [1.54, 1.807) is 25.3 Å². The Hall–Kier alpha value is -2.67. The van der Waals surface area contributed by atoms with E-state index in [9.17, 15) is 5.11 Å². The van der Waals surface area contributed by atoms with Gasteiger partial charge < -0.3 is 15.2 Å². The van der Waals surface area contributed by atoms with Crippen LogP contribution >= 0.6 is 0 Å². The first-order valence-corrected chi connectivity index (χ1v) is 6.24. The maximum absolute atomic E-state index is 9.65. The molecule has 4 nitrogen and oxygen atoms in total. The number of ether oxygens (including phenoxy) is 1. The molecule has 0 fully saturated rings. The van der Waals surface area contributed by atoms with Gasteiger partial charge in [0.05, 0.1) is 12.7 Å². The van der Waals surface area contributed by atoms with Crippen LogP contribution in [0.4, 0.5) is 5.69 Å². The van der Waals surface area contributed by atoms with Gasteiger partial charge in [0.1, 0.15) is 17.6 Å². The molecule has 0 radical (unpaired) electrons. The van der Waals surface area contributed by atoms with Crippen molar-refractivity contribution in [1.29, 1.82) is 5.26 Å². The molecular weight excluding hydrogens is 252 g/mol. The van der Waals surface area contributed by atoms with E-state index in [0.717, 1.165) is 16.8 Å². The largest absolute Gasteiger partial charge is 0.508 e. The highest BCUT2D eigenvalue weighted by Gasteiger charge is 2.04. The number of benzene rings is 2. The summed E-state index contributed by atoms with van der Waals surface area (Å²) in [5.41, 5.74) is 3.16. The topological polar surface area (TPSA) is 65.3 Å². The number of anilines is 1. The predicted octanol–water partition coefficient (Wildman–Crippen LogP) is 3.19. The number of aromatic hydroxyl groups is 1. The Bertz CT molecular complexity index is 660. The van der Waals surface area contributed by atoms with Crippen LogP contribution in [0.2, 0.25) is 0 Å². The van der Waals surface area contributed by atoms with Gasteiger partial charge in [0, 0.05) is 18.3 Å². The summed E-state index contributed by atoms with van der Waals surface area (Å²) in [7, 11) is 1.54. The lowest BCUT2D eigenvalue weighted by atomic mass is 10.1. The van der Waals surface area contributed by atoms with Crippen molar-refractivity contribution in [2.24, 2.45) is 0 Å². The van der Waals surface area contributed by atoms with Crippen molar-refractivity contribution < 1.29 is 9.84 Å². The van der Waals surface area contributed by atoms with Crippen LogP contribution in [-0.2, 0) is 6.54 Å². The quantitative estimate of drug-likeness (QED) is 0.893. The van der Waals surface area contributed by atoms with Gasteiger partial charge in [0.15, 0.2) is 0 Å². The first kappa shape index (κ1) is 13.8. The average molecular weight is 268 g/mol. The fourth-order valence-corrected chi connectivity index (χ4v) is 1.88. The first-order chi connectivity index (χ1) is 9.63. The summed E-state index contributed by atoms with van der Waals surface area (Å²) in [4.78, 5) is 0. The summed E-state index contributed by atoms with van der Waals surface area (Å²) in [5.74, 6) is 0.840. The summed E-state index contributed by atoms with van der Waals surface area (Å²) in [5, 5.41) is 21.9. The van der Waals surface area contributed by atoms with E-state index in [-0.39, 0.29) is 5.75 Å². The van der Waals surface area contributed by atoms with Crippen LogP contribution in [0.3, 0.4) is 0 Å². The normalized spacial score (nSPS) is 9.85. The minimum absolute atomic E-state index is 0.266. The van der Waals surface area contributed by atoms with E-state index in [1.165, 1.54) is 0 Å². The van der Waals surface area contributed by atoms with Crippen LogP contribution in [0.5, 0.6) is 11.5 Å². The smallest absolute Gasteiger partial charge is 0.136 e. The van der Waals surface area contributed by atoms with Crippen molar-refractivity contribution in [3.8, 4) is 17.6 Å². The number of phenolic OH excluding ortho intramolecular Hbond substituents is 1. The van der Waals surface area contributed by atoms with Gasteiger partial charge in [0.2, 0.25) is 0 Å². The Balaban J connectivity index is 2.11. The molecule has 2 aromatic rings. The molecule has 2 N–H and O–H groups in total. The molecule has 2 aromatic carbocycles. The van der Waals surface area contributed by atoms with E-state index in [4.69, 9.17) is 10.00 Å². The zero-order valence-corrected chi connectivity index (χ0v) is 11.5. The van der Waals surface area contributed by atoms with Crippen LogP contribution < -0.4 is 10.1 Å². The van der Waals surface area contributed by atoms with Crippen molar-refractivity contribution in [2.75, 3.05) is 12.4 Å². The highest BCUT2D eigenvalue weighted by Crippen LogP contribution is 2.22. The lowest BCUT2D eigenvalue weighted by molar-refractivity contribution is 0.413. The summed E-state index contributed by atoms with van der Waals surface area (Å²) in [6, 6.07) is 13.0. The summed E-state index contributed by atoms with van der Waals surface area (Å²) >= 11 is 0. The molecule has 0 saturated carbocycles. The fourth-order valence-electron chi connectivity index (χ4n) is 1.88. The Morgan fingerprint density at radius 1 is 1.25 bits per heavy atom. The highest BCUT2D eigenvalue weighted by molar-refractivity contribution is 5.52. The second-order valence-electron chi connectivity index (χ2n) is 4.50. The molecular formula is C16H16N2O2. The third-order valence-corrected chi connectivity index (χ3v) is 3.09. The number of hydrogen-bond acceptors (Lipinski definition) is 4. The number of phenols is 1. The molecule has 20 heavy (non-hydrogen) atoms. The van der Waals surface area contributed by atoms with Gasteiger partial charge in [0.25, 0.3) is 0 Å². The summed E-state index contributed by atoms with van der Waals surface area (Å²) < 4.78 is 5.11. The number of nitriles is 1. The van der Waals surface area contributed by atoms with E-state index in [2.05, 4.69) is 11.4 Å². The van der Waals surface area contributed by atoms with Crippen LogP contribution in [-0.4, -0.2) is 12.2 Å². The second kappa shape index (κ2) is 5.98. The molecule has 2 rings (SSSR count). The molecule has 0 aromatic heterocycles. The monoisotopic (exact) mass is 268 g/mol. The third kappa shape index (κ3) is 3.01. The minimum Gasteiger partial charge on any atom is -0.508 e. The Kier molecular flexibility index (Phi) is 4.11. The Morgan fingerprint density at radius 3 is 2.70 bits per heavy atom. The van der Waals surface area contributed by atoms with E-state index < -0.39 is 0 Å². The van der Waals surface area contributed by atoms with Crippen molar-refractivity contribution >= 4 is 5.69 Å². The molecule has 0 bridgehead atoms. The van der Waals surface area contributed by atoms with E-state index >= 15 is 0 Å². The van der Waals surface area contributed by atoms with Gasteiger partial charge in [-0.25, -0.2) is 0 Å². The molecule has 0 saturated heterocycles. The summed E-state index contributed by atoms with van der Waals surface area (Å²) in [6.45, 7) is 2.42. The van der Waals surface area contributed by atoms with E-state index in [1.807, 2.05) is 25.1 Å². The molecule has 0 spiro atoms. The van der Waals surface area contributed by atoms with Crippen LogP contribution in [0.15, 0.2) is 36.4 Å². The van der Waals surface area contributed by atoms with Gasteiger partial charge in [-0.15, -0.1) is 0 Å². The Labute approximate surface area is 118 Å². The molecule has 0 aliphatic rings. The van der Waals surface area contributed by atoms with Crippen LogP contribution in [0, 0.1) is 18.3 Å². The van der Waals surface area contributed by atoms with Crippen molar-refractivity contribution in [2.45, 2.75) is 13.5 Å². The van der Waals surface area contributed by atoms with Gasteiger partial charge in [-0.3, -0.25) is 0 Å². The van der Waals surface area contributed by atoms with Crippen LogP contribution in [0.1, 0.15) is 16.7 Å². The number of methoxy groups -OCH3 is 1. The SMILES string of the molecule is COc1ccc(CNc2ccc(C)c(O)c2)cc1C#N. The van der Waals surface area contributed by atoms with Crippen molar-refractivity contribution in [3.05, 3.63) is 53.1 Å². The predicted molar refractivity (Wildman–Crippen MR) is 77.9 cm³/mol. The maximum atomic E-state index is 9.65. The molecule has 0 unspecified atom stereocenters. The lowest BCUT2D eigenvalue weighted by Crippen LogP contribution is -2.00. The number of aryl methyl sites for hydroxylation is 1. The fraction of sp³-hybridized carbons (Fsp3) is 0.188. The molecule has 102 valence electrons. The van der Waals surface area contributed by atoms with Gasteiger partial charge in [-0.1, -0.05) is 12.1 Å². The van der Waals surface area contributed by atoms with Gasteiger partial charge in [-0.2, -0.15) is 5.26 Å². The zero-order chi connectivity index (χ0) is 14.5. The zero-order valence-electron chi connectivity index (χ0n) is 11.5. The highest BCUT2D eigenvalue weighted by atomic mass is 16.5. The third-order valence-electron chi connectivity index (χ3n) is 3.09. The summed E-state index contributed by atoms with van der Waals surface area (Å²) in [6.07, 6.45) is 0. The number of rotatable bonds is 4. The Morgan fingerprint density at radius 2 is 2.05 bits per heavy atom. The lowest BCUT2D eigenvalue weighted by Gasteiger charge is -2.09. The van der Waals surface area contributed by atoms with Crippen molar-refractivity contribution in [1.82, 2.24) is 0 Å². The number of nitrogens with one attached hydrogen (secondary N) is 1. The average Bonchev–Trinajstić information content (AvgIpc) is 2.48.